The number of hydrogen-bond donors (Lipinski definition) is 2. The molecule has 0 aliphatic heterocycles. The third-order valence-corrected chi connectivity index (χ3v) is 2.37. The molecule has 0 heterocycles. The number of benzene rings is 1. The molecule has 1 aromatic rings. The van der Waals surface area contributed by atoms with Gasteiger partial charge in [0.05, 0.1) is 0 Å². The van der Waals surface area contributed by atoms with Gasteiger partial charge in [0, 0.05) is 12.6 Å². The third-order valence-electron chi connectivity index (χ3n) is 2.37. The van der Waals surface area contributed by atoms with Crippen LogP contribution in [0.1, 0.15) is 37.4 Å². The molecule has 78 valence electrons. The lowest BCUT2D eigenvalue weighted by molar-refractivity contribution is 0.510. The van der Waals surface area contributed by atoms with Crippen molar-refractivity contribution in [2.45, 2.75) is 32.9 Å². The zero-order valence-electron chi connectivity index (χ0n) is 9.03. The lowest BCUT2D eigenvalue weighted by Crippen LogP contribution is -2.12. The van der Waals surface area contributed by atoms with E-state index in [4.69, 9.17) is 11.5 Å². The van der Waals surface area contributed by atoms with Crippen molar-refractivity contribution in [1.82, 2.24) is 0 Å². The fourth-order valence-electron chi connectivity index (χ4n) is 1.54. The van der Waals surface area contributed by atoms with Gasteiger partial charge < -0.3 is 11.5 Å². The van der Waals surface area contributed by atoms with Crippen LogP contribution in [-0.2, 0) is 6.54 Å². The van der Waals surface area contributed by atoms with Crippen LogP contribution in [0.3, 0.4) is 0 Å². The van der Waals surface area contributed by atoms with Crippen LogP contribution in [0.4, 0.5) is 0 Å². The Hall–Kier alpha value is -0.860. The van der Waals surface area contributed by atoms with Gasteiger partial charge >= 0.3 is 0 Å². The van der Waals surface area contributed by atoms with Crippen molar-refractivity contribution >= 4 is 0 Å². The molecule has 0 aromatic heterocycles. The Morgan fingerprint density at radius 3 is 2.14 bits per heavy atom. The van der Waals surface area contributed by atoms with Crippen LogP contribution >= 0.6 is 0 Å². The first kappa shape index (κ1) is 11.2. The highest BCUT2D eigenvalue weighted by atomic mass is 14.6. The van der Waals surface area contributed by atoms with Crippen molar-refractivity contribution in [2.24, 2.45) is 17.4 Å². The molecule has 4 N–H and O–H groups in total. The predicted molar refractivity (Wildman–Crippen MR) is 60.7 cm³/mol. The van der Waals surface area contributed by atoms with E-state index in [1.54, 1.807) is 0 Å². The van der Waals surface area contributed by atoms with Gasteiger partial charge in [-0.15, -0.1) is 0 Å². The maximum Gasteiger partial charge on any atom is 0.0297 e. The van der Waals surface area contributed by atoms with Crippen LogP contribution in [0.25, 0.3) is 0 Å². The van der Waals surface area contributed by atoms with Gasteiger partial charge in [0.2, 0.25) is 0 Å². The second-order valence-corrected chi connectivity index (χ2v) is 4.18. The first-order valence-corrected chi connectivity index (χ1v) is 5.18. The van der Waals surface area contributed by atoms with Gasteiger partial charge in [-0.05, 0) is 23.5 Å². The quantitative estimate of drug-likeness (QED) is 0.768. The Bertz CT molecular complexity index is 264. The largest absolute Gasteiger partial charge is 0.326 e. The minimum absolute atomic E-state index is 0.154. The molecule has 1 rings (SSSR count). The summed E-state index contributed by atoms with van der Waals surface area (Å²) >= 11 is 0. The summed E-state index contributed by atoms with van der Waals surface area (Å²) in [5.41, 5.74) is 13.9. The molecule has 1 unspecified atom stereocenters. The summed E-state index contributed by atoms with van der Waals surface area (Å²) < 4.78 is 0. The van der Waals surface area contributed by atoms with E-state index in [0.717, 1.165) is 12.0 Å². The molecule has 0 saturated carbocycles. The average Bonchev–Trinajstić information content (AvgIpc) is 2.17. The molecule has 1 atom stereocenters. The SMILES string of the molecule is CC(C)CC(N)c1ccc(CN)cc1. The van der Waals surface area contributed by atoms with Gasteiger partial charge in [0.25, 0.3) is 0 Å². The molecule has 0 aliphatic carbocycles. The second kappa shape index (κ2) is 5.13. The van der Waals surface area contributed by atoms with E-state index in [9.17, 15) is 0 Å². The lowest BCUT2D eigenvalue weighted by atomic mass is 9.97. The Labute approximate surface area is 86.3 Å². The van der Waals surface area contributed by atoms with Gasteiger partial charge in [0.1, 0.15) is 0 Å². The number of hydrogen-bond acceptors (Lipinski definition) is 2. The molecule has 0 spiro atoms. The molecule has 0 saturated heterocycles. The maximum atomic E-state index is 6.06. The molecule has 0 bridgehead atoms. The van der Waals surface area contributed by atoms with E-state index in [2.05, 4.69) is 38.1 Å². The Kier molecular flexibility index (Phi) is 4.11. The van der Waals surface area contributed by atoms with Gasteiger partial charge in [-0.1, -0.05) is 38.1 Å². The van der Waals surface area contributed by atoms with E-state index < -0.39 is 0 Å². The summed E-state index contributed by atoms with van der Waals surface area (Å²) in [6.07, 6.45) is 1.03. The second-order valence-electron chi connectivity index (χ2n) is 4.18. The van der Waals surface area contributed by atoms with Crippen molar-refractivity contribution in [3.8, 4) is 0 Å². The van der Waals surface area contributed by atoms with Crippen LogP contribution in [0.2, 0.25) is 0 Å². The summed E-state index contributed by atoms with van der Waals surface area (Å²) in [5.74, 6) is 0.638. The summed E-state index contributed by atoms with van der Waals surface area (Å²) in [4.78, 5) is 0. The molecule has 14 heavy (non-hydrogen) atoms. The zero-order valence-corrected chi connectivity index (χ0v) is 9.03. The molecule has 0 aliphatic rings. The first-order chi connectivity index (χ1) is 6.63. The predicted octanol–water partition coefficient (Wildman–Crippen LogP) is 2.19. The zero-order chi connectivity index (χ0) is 10.6. The van der Waals surface area contributed by atoms with Crippen LogP contribution in [-0.4, -0.2) is 0 Å². The number of nitrogens with two attached hydrogens (primary N) is 2. The fourth-order valence-corrected chi connectivity index (χ4v) is 1.54. The van der Waals surface area contributed by atoms with Crippen LogP contribution in [0, 0.1) is 5.92 Å². The average molecular weight is 192 g/mol. The fraction of sp³-hybridized carbons (Fsp3) is 0.500. The first-order valence-electron chi connectivity index (χ1n) is 5.18. The van der Waals surface area contributed by atoms with E-state index in [0.29, 0.717) is 12.5 Å². The van der Waals surface area contributed by atoms with Crippen LogP contribution in [0.15, 0.2) is 24.3 Å². The molecule has 0 fully saturated rings. The van der Waals surface area contributed by atoms with Crippen molar-refractivity contribution in [3.63, 3.8) is 0 Å². The lowest BCUT2D eigenvalue weighted by Gasteiger charge is -2.14. The van der Waals surface area contributed by atoms with E-state index in [-0.39, 0.29) is 6.04 Å². The highest BCUT2D eigenvalue weighted by Crippen LogP contribution is 2.18. The molecule has 0 amide bonds. The van der Waals surface area contributed by atoms with Crippen LogP contribution < -0.4 is 11.5 Å². The summed E-state index contributed by atoms with van der Waals surface area (Å²) in [6, 6.07) is 8.41. The molecular formula is C12H20N2. The molecule has 0 radical (unpaired) electrons. The van der Waals surface area contributed by atoms with Crippen LogP contribution in [0.5, 0.6) is 0 Å². The summed E-state index contributed by atoms with van der Waals surface area (Å²) in [5, 5.41) is 0. The van der Waals surface area contributed by atoms with Crippen molar-refractivity contribution in [2.75, 3.05) is 0 Å². The minimum atomic E-state index is 0.154. The Morgan fingerprint density at radius 2 is 1.71 bits per heavy atom. The molecular weight excluding hydrogens is 172 g/mol. The van der Waals surface area contributed by atoms with Gasteiger partial charge in [-0.3, -0.25) is 0 Å². The molecule has 1 aromatic carbocycles. The third kappa shape index (κ3) is 3.13. The van der Waals surface area contributed by atoms with Crippen molar-refractivity contribution < 1.29 is 0 Å². The van der Waals surface area contributed by atoms with Crippen molar-refractivity contribution in [1.29, 1.82) is 0 Å². The summed E-state index contributed by atoms with van der Waals surface area (Å²) in [6.45, 7) is 4.97. The smallest absolute Gasteiger partial charge is 0.0297 e. The normalized spacial score (nSPS) is 13.2. The van der Waals surface area contributed by atoms with Crippen molar-refractivity contribution in [3.05, 3.63) is 35.4 Å². The Balaban J connectivity index is 2.66. The summed E-state index contributed by atoms with van der Waals surface area (Å²) in [7, 11) is 0. The highest BCUT2D eigenvalue weighted by Gasteiger charge is 2.07. The molecule has 2 heteroatoms. The number of rotatable bonds is 4. The highest BCUT2D eigenvalue weighted by molar-refractivity contribution is 5.24. The standard InChI is InChI=1S/C12H20N2/c1-9(2)7-12(14)11-5-3-10(8-13)4-6-11/h3-6,9,12H,7-8,13-14H2,1-2H3. The molecule has 2 nitrogen and oxygen atoms in total. The van der Waals surface area contributed by atoms with E-state index in [1.165, 1.54) is 5.56 Å². The topological polar surface area (TPSA) is 52.0 Å². The minimum Gasteiger partial charge on any atom is -0.326 e. The van der Waals surface area contributed by atoms with Gasteiger partial charge in [-0.25, -0.2) is 0 Å². The monoisotopic (exact) mass is 192 g/mol. The van der Waals surface area contributed by atoms with E-state index >= 15 is 0 Å². The van der Waals surface area contributed by atoms with Gasteiger partial charge in [-0.2, -0.15) is 0 Å². The Morgan fingerprint density at radius 1 is 1.14 bits per heavy atom. The van der Waals surface area contributed by atoms with Gasteiger partial charge in [0.15, 0.2) is 0 Å². The van der Waals surface area contributed by atoms with E-state index in [1.807, 2.05) is 0 Å². The maximum absolute atomic E-state index is 6.06.